The highest BCUT2D eigenvalue weighted by molar-refractivity contribution is 7.81. The Bertz CT molecular complexity index is 317. The van der Waals surface area contributed by atoms with Crippen LogP contribution in [0.5, 0.6) is 0 Å². The van der Waals surface area contributed by atoms with Gasteiger partial charge in [-0.2, -0.15) is 12.6 Å². The van der Waals surface area contributed by atoms with E-state index < -0.39 is 0 Å². The molecule has 0 bridgehead atoms. The molecule has 1 amide bonds. The van der Waals surface area contributed by atoms with E-state index in [0.29, 0.717) is 6.54 Å². The molecule has 0 spiro atoms. The van der Waals surface area contributed by atoms with E-state index in [1.165, 1.54) is 4.88 Å². The number of thiol groups is 1. The van der Waals surface area contributed by atoms with Crippen LogP contribution in [0.3, 0.4) is 0 Å². The molecule has 0 saturated heterocycles. The Kier molecular flexibility index (Phi) is 4.22. The van der Waals surface area contributed by atoms with E-state index in [-0.39, 0.29) is 16.6 Å². The van der Waals surface area contributed by atoms with Gasteiger partial charge in [0.1, 0.15) is 0 Å². The summed E-state index contributed by atoms with van der Waals surface area (Å²) in [4.78, 5) is 12.7. The maximum absolute atomic E-state index is 11.4. The normalized spacial score (nSPS) is 13.6. The van der Waals surface area contributed by atoms with Gasteiger partial charge in [-0.05, 0) is 18.4 Å². The number of carbonyl (C=O) groups is 1. The number of thiophene rings is 1. The molecule has 1 heterocycles. The molecule has 4 heteroatoms. The second kappa shape index (κ2) is 5.03. The lowest BCUT2D eigenvalue weighted by molar-refractivity contribution is -0.120. The highest BCUT2D eigenvalue weighted by atomic mass is 32.1. The second-order valence-electron chi connectivity index (χ2n) is 4.25. The maximum atomic E-state index is 11.4. The number of nitrogens with one attached hydrogen (secondary N) is 1. The van der Waals surface area contributed by atoms with Gasteiger partial charge >= 0.3 is 0 Å². The minimum atomic E-state index is -0.246. The third kappa shape index (κ3) is 3.54. The fourth-order valence-corrected chi connectivity index (χ4v) is 2.15. The Balaban J connectivity index is 2.54. The van der Waals surface area contributed by atoms with Crippen LogP contribution < -0.4 is 5.32 Å². The molecular formula is C11H17NOS2. The van der Waals surface area contributed by atoms with Gasteiger partial charge in [-0.1, -0.05) is 19.9 Å². The van der Waals surface area contributed by atoms with Crippen molar-refractivity contribution in [1.82, 2.24) is 5.32 Å². The topological polar surface area (TPSA) is 29.1 Å². The third-order valence-electron chi connectivity index (χ3n) is 2.27. The number of amides is 1. The molecule has 1 aromatic heterocycles. The van der Waals surface area contributed by atoms with Crippen molar-refractivity contribution in [1.29, 1.82) is 0 Å². The average molecular weight is 243 g/mol. The molecule has 0 aromatic carbocycles. The summed E-state index contributed by atoms with van der Waals surface area (Å²) in [6.07, 6.45) is 0. The minimum Gasteiger partial charge on any atom is -0.354 e. The Labute approximate surface area is 100 Å². The van der Waals surface area contributed by atoms with Gasteiger partial charge in [0.2, 0.25) is 5.91 Å². The summed E-state index contributed by atoms with van der Waals surface area (Å²) in [6.45, 7) is 6.68. The van der Waals surface area contributed by atoms with E-state index >= 15 is 0 Å². The zero-order chi connectivity index (χ0) is 11.5. The van der Waals surface area contributed by atoms with E-state index in [1.54, 1.807) is 18.3 Å². The molecular weight excluding hydrogens is 226 g/mol. The number of hydrogen-bond acceptors (Lipinski definition) is 3. The van der Waals surface area contributed by atoms with E-state index in [9.17, 15) is 4.79 Å². The van der Waals surface area contributed by atoms with Crippen LogP contribution in [-0.4, -0.2) is 17.7 Å². The molecule has 0 saturated carbocycles. The minimum absolute atomic E-state index is 0.00745. The SMILES string of the molecule is CC(S)C(=O)NCC(C)(C)c1cccs1. The first-order valence-electron chi connectivity index (χ1n) is 4.93. The lowest BCUT2D eigenvalue weighted by Crippen LogP contribution is -2.39. The van der Waals surface area contributed by atoms with Crippen molar-refractivity contribution in [2.45, 2.75) is 31.4 Å². The zero-order valence-corrected chi connectivity index (χ0v) is 11.0. The van der Waals surface area contributed by atoms with E-state index in [4.69, 9.17) is 0 Å². The van der Waals surface area contributed by atoms with Gasteiger partial charge in [0.25, 0.3) is 0 Å². The van der Waals surface area contributed by atoms with Crippen molar-refractivity contribution in [3.05, 3.63) is 22.4 Å². The molecule has 2 nitrogen and oxygen atoms in total. The predicted molar refractivity (Wildman–Crippen MR) is 68.8 cm³/mol. The first kappa shape index (κ1) is 12.6. The zero-order valence-electron chi connectivity index (χ0n) is 9.28. The van der Waals surface area contributed by atoms with Gasteiger partial charge < -0.3 is 5.32 Å². The van der Waals surface area contributed by atoms with Crippen LogP contribution in [0.15, 0.2) is 17.5 Å². The van der Waals surface area contributed by atoms with Crippen molar-refractivity contribution in [2.75, 3.05) is 6.54 Å². The fraction of sp³-hybridized carbons (Fsp3) is 0.545. The Hall–Kier alpha value is -0.480. The summed E-state index contributed by atoms with van der Waals surface area (Å²) in [7, 11) is 0. The van der Waals surface area contributed by atoms with Crippen LogP contribution in [-0.2, 0) is 10.2 Å². The molecule has 0 aliphatic heterocycles. The highest BCUT2D eigenvalue weighted by Crippen LogP contribution is 2.26. The van der Waals surface area contributed by atoms with Gasteiger partial charge in [0, 0.05) is 16.8 Å². The molecule has 15 heavy (non-hydrogen) atoms. The van der Waals surface area contributed by atoms with Crippen molar-refractivity contribution >= 4 is 29.9 Å². The molecule has 1 atom stereocenters. The molecule has 1 N–H and O–H groups in total. The lowest BCUT2D eigenvalue weighted by Gasteiger charge is -2.24. The first-order chi connectivity index (χ1) is 6.93. The quantitative estimate of drug-likeness (QED) is 0.782. The lowest BCUT2D eigenvalue weighted by atomic mass is 9.91. The van der Waals surface area contributed by atoms with E-state index in [1.807, 2.05) is 6.07 Å². The monoisotopic (exact) mass is 243 g/mol. The number of hydrogen-bond donors (Lipinski definition) is 2. The summed E-state index contributed by atoms with van der Waals surface area (Å²) in [6, 6.07) is 4.13. The largest absolute Gasteiger partial charge is 0.354 e. The second-order valence-corrected chi connectivity index (χ2v) is 5.98. The summed E-state index contributed by atoms with van der Waals surface area (Å²) in [5.41, 5.74) is -0.00745. The third-order valence-corrected chi connectivity index (χ3v) is 3.74. The summed E-state index contributed by atoms with van der Waals surface area (Å²) in [5, 5.41) is 4.71. The van der Waals surface area contributed by atoms with Crippen LogP contribution in [0.25, 0.3) is 0 Å². The van der Waals surface area contributed by atoms with Gasteiger partial charge in [-0.25, -0.2) is 0 Å². The van der Waals surface area contributed by atoms with Crippen LogP contribution in [0.2, 0.25) is 0 Å². The Morgan fingerprint density at radius 1 is 1.67 bits per heavy atom. The Morgan fingerprint density at radius 2 is 2.33 bits per heavy atom. The summed E-state index contributed by atoms with van der Waals surface area (Å²) >= 11 is 5.81. The maximum Gasteiger partial charge on any atom is 0.232 e. The number of rotatable bonds is 4. The van der Waals surface area contributed by atoms with Crippen molar-refractivity contribution in [3.8, 4) is 0 Å². The van der Waals surface area contributed by atoms with Gasteiger partial charge in [-0.15, -0.1) is 11.3 Å². The van der Waals surface area contributed by atoms with Gasteiger partial charge in [-0.3, -0.25) is 4.79 Å². The predicted octanol–water partition coefficient (Wildman–Crippen LogP) is 2.46. The first-order valence-corrected chi connectivity index (χ1v) is 6.33. The molecule has 0 radical (unpaired) electrons. The summed E-state index contributed by atoms with van der Waals surface area (Å²) < 4.78 is 0. The Morgan fingerprint density at radius 3 is 2.80 bits per heavy atom. The molecule has 0 aliphatic rings. The number of carbonyl (C=O) groups excluding carboxylic acids is 1. The van der Waals surface area contributed by atoms with Crippen molar-refractivity contribution < 1.29 is 4.79 Å². The van der Waals surface area contributed by atoms with Crippen LogP contribution in [0.1, 0.15) is 25.6 Å². The van der Waals surface area contributed by atoms with Crippen molar-refractivity contribution in [3.63, 3.8) is 0 Å². The molecule has 1 aromatic rings. The molecule has 1 rings (SSSR count). The van der Waals surface area contributed by atoms with Crippen LogP contribution >= 0.6 is 24.0 Å². The highest BCUT2D eigenvalue weighted by Gasteiger charge is 2.22. The molecule has 0 fully saturated rings. The fourth-order valence-electron chi connectivity index (χ4n) is 1.21. The van der Waals surface area contributed by atoms with E-state index in [0.717, 1.165) is 0 Å². The van der Waals surface area contributed by atoms with Gasteiger partial charge in [0.15, 0.2) is 0 Å². The standard InChI is InChI=1S/C11H17NOS2/c1-8(14)10(13)12-7-11(2,3)9-5-4-6-15-9/h4-6,8,14H,7H2,1-3H3,(H,12,13). The van der Waals surface area contributed by atoms with Crippen molar-refractivity contribution in [2.24, 2.45) is 0 Å². The molecule has 0 aliphatic carbocycles. The van der Waals surface area contributed by atoms with Crippen LogP contribution in [0, 0.1) is 0 Å². The van der Waals surface area contributed by atoms with E-state index in [2.05, 4.69) is 43.2 Å². The summed E-state index contributed by atoms with van der Waals surface area (Å²) in [5.74, 6) is -0.0111. The molecule has 1 unspecified atom stereocenters. The average Bonchev–Trinajstić information content (AvgIpc) is 2.67. The smallest absolute Gasteiger partial charge is 0.232 e. The molecule has 84 valence electrons. The van der Waals surface area contributed by atoms with Gasteiger partial charge in [0.05, 0.1) is 5.25 Å². The van der Waals surface area contributed by atoms with Crippen LogP contribution in [0.4, 0.5) is 0 Å².